The fourth-order valence-electron chi connectivity index (χ4n) is 4.49. The van der Waals surface area contributed by atoms with Gasteiger partial charge in [-0.1, -0.05) is 18.2 Å². The summed E-state index contributed by atoms with van der Waals surface area (Å²) in [5, 5.41) is 3.67. The van der Waals surface area contributed by atoms with Crippen LogP contribution in [0.1, 0.15) is 52.0 Å². The van der Waals surface area contributed by atoms with Crippen LogP contribution in [-0.4, -0.2) is 56.3 Å². The van der Waals surface area contributed by atoms with Gasteiger partial charge in [-0.05, 0) is 74.9 Å². The number of hydrogen-bond donors (Lipinski definition) is 1. The second-order valence-electron chi connectivity index (χ2n) is 9.06. The summed E-state index contributed by atoms with van der Waals surface area (Å²) < 4.78 is 11.3. The Balaban J connectivity index is 1.58. The van der Waals surface area contributed by atoms with Gasteiger partial charge in [-0.2, -0.15) is 0 Å². The highest BCUT2D eigenvalue weighted by atomic mass is 16.6. The molecule has 2 amide bonds. The minimum Gasteiger partial charge on any atom is -0.496 e. The Kier molecular flexibility index (Phi) is 9.55. The topological polar surface area (TPSA) is 71.1 Å². The summed E-state index contributed by atoms with van der Waals surface area (Å²) in [6, 6.07) is 14.6. The standard InChI is InChI=1S/C28H39N3O4/c1-6-31(7-2)28(33)35-26-15-11-24(12-16-26)29-19-23-18-22(10-17-27(23)34-5)21-8-13-25(14-9-21)30(4)20(3)32/h8-10,13-14,17-18,24,26,29H,6-7,11-12,15-16,19H2,1-5H3. The molecule has 0 aliphatic heterocycles. The maximum absolute atomic E-state index is 12.2. The summed E-state index contributed by atoms with van der Waals surface area (Å²) in [7, 11) is 3.47. The van der Waals surface area contributed by atoms with Crippen molar-refractivity contribution in [2.45, 2.75) is 65.1 Å². The summed E-state index contributed by atoms with van der Waals surface area (Å²) in [4.78, 5) is 27.2. The predicted octanol–water partition coefficient (Wildman–Crippen LogP) is 5.22. The number of anilines is 1. The molecule has 1 N–H and O–H groups in total. The second kappa shape index (κ2) is 12.6. The van der Waals surface area contributed by atoms with Gasteiger partial charge in [0, 0.05) is 50.9 Å². The molecule has 190 valence electrons. The first-order valence-corrected chi connectivity index (χ1v) is 12.6. The second-order valence-corrected chi connectivity index (χ2v) is 9.06. The van der Waals surface area contributed by atoms with Crippen molar-refractivity contribution in [2.75, 3.05) is 32.1 Å². The molecule has 1 aliphatic rings. The Morgan fingerprint density at radius 1 is 0.971 bits per heavy atom. The quantitative estimate of drug-likeness (QED) is 0.531. The third-order valence-electron chi connectivity index (χ3n) is 6.89. The molecule has 3 rings (SSSR count). The molecular weight excluding hydrogens is 442 g/mol. The lowest BCUT2D eigenvalue weighted by atomic mass is 9.92. The highest BCUT2D eigenvalue weighted by molar-refractivity contribution is 5.91. The fourth-order valence-corrected chi connectivity index (χ4v) is 4.49. The molecule has 1 aliphatic carbocycles. The monoisotopic (exact) mass is 481 g/mol. The zero-order chi connectivity index (χ0) is 25.4. The molecule has 0 saturated heterocycles. The van der Waals surface area contributed by atoms with Gasteiger partial charge in [-0.3, -0.25) is 4.79 Å². The van der Waals surface area contributed by atoms with Crippen LogP contribution < -0.4 is 15.0 Å². The maximum atomic E-state index is 12.2. The predicted molar refractivity (Wildman–Crippen MR) is 140 cm³/mol. The number of amides is 2. The number of ether oxygens (including phenoxy) is 2. The van der Waals surface area contributed by atoms with E-state index >= 15 is 0 Å². The van der Waals surface area contributed by atoms with E-state index in [-0.39, 0.29) is 18.1 Å². The minimum atomic E-state index is -0.200. The molecule has 7 heteroatoms. The van der Waals surface area contributed by atoms with Gasteiger partial charge in [0.2, 0.25) is 5.91 Å². The molecule has 1 saturated carbocycles. The van der Waals surface area contributed by atoms with E-state index in [2.05, 4.69) is 17.4 Å². The lowest BCUT2D eigenvalue weighted by molar-refractivity contribution is -0.116. The third-order valence-corrected chi connectivity index (χ3v) is 6.89. The largest absolute Gasteiger partial charge is 0.496 e. The number of methoxy groups -OCH3 is 1. The summed E-state index contributed by atoms with van der Waals surface area (Å²) in [6.07, 6.45) is 3.51. The first kappa shape index (κ1) is 26.5. The van der Waals surface area contributed by atoms with Crippen LogP contribution in [0.5, 0.6) is 5.75 Å². The molecule has 35 heavy (non-hydrogen) atoms. The van der Waals surface area contributed by atoms with Crippen molar-refractivity contribution in [3.8, 4) is 16.9 Å². The van der Waals surface area contributed by atoms with Gasteiger partial charge in [-0.15, -0.1) is 0 Å². The van der Waals surface area contributed by atoms with E-state index in [1.807, 2.05) is 44.2 Å². The van der Waals surface area contributed by atoms with E-state index < -0.39 is 0 Å². The Morgan fingerprint density at radius 3 is 2.17 bits per heavy atom. The summed E-state index contributed by atoms with van der Waals surface area (Å²) in [5.41, 5.74) is 4.16. The molecule has 2 aromatic rings. The third kappa shape index (κ3) is 6.98. The number of nitrogens with zero attached hydrogens (tertiary/aromatic N) is 2. The lowest BCUT2D eigenvalue weighted by Gasteiger charge is -2.30. The van der Waals surface area contributed by atoms with Crippen molar-refractivity contribution >= 4 is 17.7 Å². The summed E-state index contributed by atoms with van der Waals surface area (Å²) in [6.45, 7) is 7.55. The fraction of sp³-hybridized carbons (Fsp3) is 0.500. The van der Waals surface area contributed by atoms with Gasteiger partial charge in [0.25, 0.3) is 0 Å². The van der Waals surface area contributed by atoms with Crippen molar-refractivity contribution in [3.05, 3.63) is 48.0 Å². The van der Waals surface area contributed by atoms with E-state index in [0.29, 0.717) is 25.7 Å². The van der Waals surface area contributed by atoms with Gasteiger partial charge in [0.1, 0.15) is 11.9 Å². The Morgan fingerprint density at radius 2 is 1.60 bits per heavy atom. The van der Waals surface area contributed by atoms with E-state index in [0.717, 1.165) is 53.8 Å². The van der Waals surface area contributed by atoms with Crippen LogP contribution in [0.3, 0.4) is 0 Å². The SMILES string of the molecule is CCN(CC)C(=O)OC1CCC(NCc2cc(-c3ccc(N(C)C(C)=O)cc3)ccc2OC)CC1. The van der Waals surface area contributed by atoms with Crippen molar-refractivity contribution in [3.63, 3.8) is 0 Å². The molecule has 0 spiro atoms. The zero-order valence-electron chi connectivity index (χ0n) is 21.7. The van der Waals surface area contributed by atoms with E-state index in [1.54, 1.807) is 30.9 Å². The van der Waals surface area contributed by atoms with Gasteiger partial charge in [0.05, 0.1) is 7.11 Å². The van der Waals surface area contributed by atoms with E-state index in [1.165, 1.54) is 0 Å². The normalized spacial score (nSPS) is 17.5. The molecule has 0 aromatic heterocycles. The smallest absolute Gasteiger partial charge is 0.410 e. The number of carbonyl (C=O) groups excluding carboxylic acids is 2. The molecule has 0 unspecified atom stereocenters. The average Bonchev–Trinajstić information content (AvgIpc) is 2.88. The number of hydrogen-bond acceptors (Lipinski definition) is 5. The van der Waals surface area contributed by atoms with Gasteiger partial charge in [-0.25, -0.2) is 4.79 Å². The average molecular weight is 482 g/mol. The molecule has 7 nitrogen and oxygen atoms in total. The van der Waals surface area contributed by atoms with Crippen molar-refractivity contribution in [2.24, 2.45) is 0 Å². The van der Waals surface area contributed by atoms with Crippen LogP contribution in [-0.2, 0) is 16.1 Å². The van der Waals surface area contributed by atoms with Crippen LogP contribution in [0.4, 0.5) is 10.5 Å². The Labute approximate surface area is 209 Å². The summed E-state index contributed by atoms with van der Waals surface area (Å²) >= 11 is 0. The molecule has 0 heterocycles. The molecule has 0 bridgehead atoms. The zero-order valence-corrected chi connectivity index (χ0v) is 21.7. The molecule has 2 aromatic carbocycles. The molecule has 0 atom stereocenters. The molecule has 1 fully saturated rings. The number of nitrogens with one attached hydrogen (secondary N) is 1. The highest BCUT2D eigenvalue weighted by Gasteiger charge is 2.25. The van der Waals surface area contributed by atoms with Gasteiger partial charge >= 0.3 is 6.09 Å². The molecular formula is C28H39N3O4. The van der Waals surface area contributed by atoms with Gasteiger partial charge < -0.3 is 24.6 Å². The maximum Gasteiger partial charge on any atom is 0.410 e. The van der Waals surface area contributed by atoms with E-state index in [9.17, 15) is 9.59 Å². The lowest BCUT2D eigenvalue weighted by Crippen LogP contribution is -2.38. The first-order valence-electron chi connectivity index (χ1n) is 12.6. The van der Waals surface area contributed by atoms with Gasteiger partial charge in [0.15, 0.2) is 0 Å². The van der Waals surface area contributed by atoms with Crippen molar-refractivity contribution < 1.29 is 19.1 Å². The number of carbonyl (C=O) groups is 2. The van der Waals surface area contributed by atoms with Crippen LogP contribution >= 0.6 is 0 Å². The van der Waals surface area contributed by atoms with Crippen LogP contribution in [0.15, 0.2) is 42.5 Å². The van der Waals surface area contributed by atoms with E-state index in [4.69, 9.17) is 9.47 Å². The Bertz CT molecular complexity index is 980. The summed E-state index contributed by atoms with van der Waals surface area (Å²) in [5.74, 6) is 0.864. The highest BCUT2D eigenvalue weighted by Crippen LogP contribution is 2.29. The van der Waals surface area contributed by atoms with Crippen LogP contribution in [0, 0.1) is 0 Å². The number of benzene rings is 2. The van der Waals surface area contributed by atoms with Crippen LogP contribution in [0.2, 0.25) is 0 Å². The first-order chi connectivity index (χ1) is 16.9. The Hall–Kier alpha value is -3.06. The van der Waals surface area contributed by atoms with Crippen molar-refractivity contribution in [1.29, 1.82) is 0 Å². The number of rotatable bonds is 9. The molecule has 0 radical (unpaired) electrons. The minimum absolute atomic E-state index is 0.00373. The van der Waals surface area contributed by atoms with Crippen LogP contribution in [0.25, 0.3) is 11.1 Å². The van der Waals surface area contributed by atoms with Crippen molar-refractivity contribution in [1.82, 2.24) is 10.2 Å².